The van der Waals surface area contributed by atoms with Gasteiger partial charge < -0.3 is 11.1 Å². The molecule has 2 aromatic carbocycles. The Morgan fingerprint density at radius 1 is 1.05 bits per heavy atom. The Kier molecular flexibility index (Phi) is 3.51. The van der Waals surface area contributed by atoms with Crippen LogP contribution < -0.4 is 11.1 Å². The second-order valence-electron chi connectivity index (χ2n) is 5.43. The molecule has 0 radical (unpaired) electrons. The SMILES string of the molecule is Cc1cccc(NC(=O)c2nccc3c(N)cc(C)cc23)c1. The van der Waals surface area contributed by atoms with Crippen LogP contribution in [-0.4, -0.2) is 10.9 Å². The van der Waals surface area contributed by atoms with E-state index in [4.69, 9.17) is 5.73 Å². The number of hydrogen-bond donors (Lipinski definition) is 2. The van der Waals surface area contributed by atoms with Crippen LogP contribution in [-0.2, 0) is 0 Å². The number of anilines is 2. The molecule has 3 rings (SSSR count). The van der Waals surface area contributed by atoms with Gasteiger partial charge >= 0.3 is 0 Å². The third-order valence-corrected chi connectivity index (χ3v) is 3.55. The first-order valence-electron chi connectivity index (χ1n) is 7.07. The van der Waals surface area contributed by atoms with E-state index in [9.17, 15) is 4.79 Å². The number of fused-ring (bicyclic) bond motifs is 1. The highest BCUT2D eigenvalue weighted by molar-refractivity contribution is 6.13. The second kappa shape index (κ2) is 5.48. The first kappa shape index (κ1) is 14.1. The molecule has 1 amide bonds. The van der Waals surface area contributed by atoms with Gasteiger partial charge in [0, 0.05) is 28.3 Å². The van der Waals surface area contributed by atoms with Crippen molar-refractivity contribution in [1.82, 2.24) is 4.98 Å². The zero-order valence-corrected chi connectivity index (χ0v) is 12.6. The van der Waals surface area contributed by atoms with Crippen molar-refractivity contribution in [2.45, 2.75) is 13.8 Å². The number of carbonyl (C=O) groups is 1. The van der Waals surface area contributed by atoms with Crippen molar-refractivity contribution >= 4 is 28.1 Å². The maximum atomic E-state index is 12.5. The van der Waals surface area contributed by atoms with Crippen molar-refractivity contribution in [2.24, 2.45) is 0 Å². The lowest BCUT2D eigenvalue weighted by Gasteiger charge is -2.10. The Morgan fingerprint density at radius 3 is 2.64 bits per heavy atom. The Bertz CT molecular complexity index is 871. The maximum Gasteiger partial charge on any atom is 0.274 e. The van der Waals surface area contributed by atoms with E-state index in [2.05, 4.69) is 10.3 Å². The number of aryl methyl sites for hydroxylation is 2. The van der Waals surface area contributed by atoms with Crippen molar-refractivity contribution in [3.8, 4) is 0 Å². The molecule has 1 aromatic heterocycles. The largest absolute Gasteiger partial charge is 0.398 e. The molecule has 0 aliphatic heterocycles. The Labute approximate surface area is 129 Å². The summed E-state index contributed by atoms with van der Waals surface area (Å²) < 4.78 is 0. The average molecular weight is 291 g/mol. The van der Waals surface area contributed by atoms with Gasteiger partial charge in [-0.1, -0.05) is 12.1 Å². The van der Waals surface area contributed by atoms with E-state index in [1.807, 2.05) is 56.3 Å². The maximum absolute atomic E-state index is 12.5. The number of hydrogen-bond acceptors (Lipinski definition) is 3. The predicted molar refractivity (Wildman–Crippen MR) is 90.0 cm³/mol. The van der Waals surface area contributed by atoms with Crippen LogP contribution in [0, 0.1) is 13.8 Å². The van der Waals surface area contributed by atoms with Crippen molar-refractivity contribution in [3.05, 3.63) is 65.5 Å². The molecule has 3 aromatic rings. The fourth-order valence-electron chi connectivity index (χ4n) is 2.56. The smallest absolute Gasteiger partial charge is 0.274 e. The fraction of sp³-hybridized carbons (Fsp3) is 0.111. The second-order valence-corrected chi connectivity index (χ2v) is 5.43. The monoisotopic (exact) mass is 291 g/mol. The molecule has 0 spiro atoms. The summed E-state index contributed by atoms with van der Waals surface area (Å²) in [6.45, 7) is 3.93. The molecule has 0 saturated heterocycles. The zero-order chi connectivity index (χ0) is 15.7. The van der Waals surface area contributed by atoms with Crippen LogP contribution in [0.4, 0.5) is 11.4 Å². The van der Waals surface area contributed by atoms with Gasteiger partial charge in [0.15, 0.2) is 0 Å². The zero-order valence-electron chi connectivity index (χ0n) is 12.6. The molecule has 4 nitrogen and oxygen atoms in total. The third-order valence-electron chi connectivity index (χ3n) is 3.55. The summed E-state index contributed by atoms with van der Waals surface area (Å²) in [5.74, 6) is -0.235. The van der Waals surface area contributed by atoms with Crippen LogP contribution in [0.25, 0.3) is 10.8 Å². The number of rotatable bonds is 2. The van der Waals surface area contributed by atoms with Gasteiger partial charge in [-0.2, -0.15) is 0 Å². The van der Waals surface area contributed by atoms with E-state index in [-0.39, 0.29) is 5.91 Å². The molecular formula is C18H17N3O. The van der Waals surface area contributed by atoms with E-state index >= 15 is 0 Å². The lowest BCUT2D eigenvalue weighted by molar-refractivity contribution is 0.102. The number of nitrogens with zero attached hydrogens (tertiary/aromatic N) is 1. The summed E-state index contributed by atoms with van der Waals surface area (Å²) in [6.07, 6.45) is 1.61. The summed E-state index contributed by atoms with van der Waals surface area (Å²) in [4.78, 5) is 16.8. The minimum absolute atomic E-state index is 0.235. The van der Waals surface area contributed by atoms with Gasteiger partial charge in [0.25, 0.3) is 5.91 Å². The predicted octanol–water partition coefficient (Wildman–Crippen LogP) is 3.69. The van der Waals surface area contributed by atoms with Crippen molar-refractivity contribution in [3.63, 3.8) is 0 Å². The van der Waals surface area contributed by atoms with Crippen molar-refractivity contribution in [1.29, 1.82) is 0 Å². The molecule has 0 aliphatic rings. The molecular weight excluding hydrogens is 274 g/mol. The average Bonchev–Trinajstić information content (AvgIpc) is 2.46. The normalized spacial score (nSPS) is 10.6. The lowest BCUT2D eigenvalue weighted by Crippen LogP contribution is -2.14. The molecule has 0 aliphatic carbocycles. The first-order valence-corrected chi connectivity index (χ1v) is 7.07. The van der Waals surface area contributed by atoms with E-state index in [0.29, 0.717) is 11.4 Å². The quantitative estimate of drug-likeness (QED) is 0.708. The Morgan fingerprint density at radius 2 is 1.86 bits per heavy atom. The van der Waals surface area contributed by atoms with Crippen LogP contribution in [0.5, 0.6) is 0 Å². The minimum Gasteiger partial charge on any atom is -0.398 e. The Balaban J connectivity index is 2.04. The van der Waals surface area contributed by atoms with Gasteiger partial charge in [0.05, 0.1) is 0 Å². The topological polar surface area (TPSA) is 68.0 Å². The molecule has 0 fully saturated rings. The first-order chi connectivity index (χ1) is 10.5. The molecule has 0 bridgehead atoms. The molecule has 22 heavy (non-hydrogen) atoms. The standard InChI is InChI=1S/C18H17N3O/c1-11-4-3-5-13(8-11)21-18(22)17-15-9-12(2)10-16(19)14(15)6-7-20-17/h3-10H,19H2,1-2H3,(H,21,22). The highest BCUT2D eigenvalue weighted by Crippen LogP contribution is 2.25. The number of benzene rings is 2. The summed E-state index contributed by atoms with van der Waals surface area (Å²) >= 11 is 0. The number of nitrogens with one attached hydrogen (secondary N) is 1. The van der Waals surface area contributed by atoms with Gasteiger partial charge in [0.2, 0.25) is 0 Å². The molecule has 0 saturated carbocycles. The van der Waals surface area contributed by atoms with Gasteiger partial charge in [0.1, 0.15) is 5.69 Å². The number of aromatic nitrogens is 1. The van der Waals surface area contributed by atoms with Crippen LogP contribution in [0.1, 0.15) is 21.6 Å². The number of amides is 1. The third kappa shape index (κ3) is 2.63. The van der Waals surface area contributed by atoms with Gasteiger partial charge in [-0.3, -0.25) is 9.78 Å². The number of carbonyl (C=O) groups excluding carboxylic acids is 1. The van der Waals surface area contributed by atoms with Gasteiger partial charge in [-0.25, -0.2) is 0 Å². The molecule has 4 heteroatoms. The summed E-state index contributed by atoms with van der Waals surface area (Å²) in [5.41, 5.74) is 9.92. The van der Waals surface area contributed by atoms with Crippen LogP contribution >= 0.6 is 0 Å². The molecule has 0 atom stereocenters. The molecule has 3 N–H and O–H groups in total. The Hall–Kier alpha value is -2.88. The number of nitrogen functional groups attached to an aromatic ring is 1. The van der Waals surface area contributed by atoms with E-state index in [1.165, 1.54) is 0 Å². The minimum atomic E-state index is -0.235. The summed E-state index contributed by atoms with van der Waals surface area (Å²) in [6, 6.07) is 13.3. The molecule has 0 unspecified atom stereocenters. The molecule has 1 heterocycles. The fourth-order valence-corrected chi connectivity index (χ4v) is 2.56. The summed E-state index contributed by atoms with van der Waals surface area (Å²) in [5, 5.41) is 4.50. The van der Waals surface area contributed by atoms with Crippen LogP contribution in [0.2, 0.25) is 0 Å². The highest BCUT2D eigenvalue weighted by Gasteiger charge is 2.13. The summed E-state index contributed by atoms with van der Waals surface area (Å²) in [7, 11) is 0. The molecule has 110 valence electrons. The number of pyridine rings is 1. The van der Waals surface area contributed by atoms with Crippen LogP contribution in [0.15, 0.2) is 48.7 Å². The van der Waals surface area contributed by atoms with E-state index in [0.717, 1.165) is 27.6 Å². The van der Waals surface area contributed by atoms with Gasteiger partial charge in [-0.15, -0.1) is 0 Å². The van der Waals surface area contributed by atoms with E-state index < -0.39 is 0 Å². The van der Waals surface area contributed by atoms with Gasteiger partial charge in [-0.05, 0) is 55.3 Å². The lowest BCUT2D eigenvalue weighted by atomic mass is 10.0. The van der Waals surface area contributed by atoms with Crippen LogP contribution in [0.3, 0.4) is 0 Å². The van der Waals surface area contributed by atoms with Crippen molar-refractivity contribution in [2.75, 3.05) is 11.1 Å². The van der Waals surface area contributed by atoms with E-state index in [1.54, 1.807) is 6.20 Å². The van der Waals surface area contributed by atoms with Crippen molar-refractivity contribution < 1.29 is 4.79 Å². The highest BCUT2D eigenvalue weighted by atomic mass is 16.1. The number of nitrogens with two attached hydrogens (primary N) is 1.